The van der Waals surface area contributed by atoms with Crippen molar-refractivity contribution in [2.24, 2.45) is 5.41 Å². The molecular weight excluding hydrogens is 220 g/mol. The summed E-state index contributed by atoms with van der Waals surface area (Å²) in [6, 6.07) is -0.523. The molecule has 1 atom stereocenters. The summed E-state index contributed by atoms with van der Waals surface area (Å²) < 4.78 is 0. The van der Waals surface area contributed by atoms with Crippen molar-refractivity contribution in [1.82, 2.24) is 10.6 Å². The van der Waals surface area contributed by atoms with Crippen LogP contribution in [0.25, 0.3) is 0 Å². The standard InChI is InChI=1S/C12H22N2O3/c1-9(14-10(2)16)11(17)13-7-12(8-15)5-3-4-6-12/h9,15H,3-8H2,1-2H3,(H,13,17)(H,14,16). The number of hydrogen-bond acceptors (Lipinski definition) is 3. The van der Waals surface area contributed by atoms with Gasteiger partial charge in [-0.05, 0) is 19.8 Å². The largest absolute Gasteiger partial charge is 0.396 e. The van der Waals surface area contributed by atoms with Crippen LogP contribution in [0.1, 0.15) is 39.5 Å². The van der Waals surface area contributed by atoms with Gasteiger partial charge in [-0.15, -0.1) is 0 Å². The molecule has 98 valence electrons. The number of carbonyl (C=O) groups excluding carboxylic acids is 2. The summed E-state index contributed by atoms with van der Waals surface area (Å²) in [4.78, 5) is 22.5. The summed E-state index contributed by atoms with van der Waals surface area (Å²) in [5.74, 6) is -0.412. The molecule has 0 spiro atoms. The smallest absolute Gasteiger partial charge is 0.242 e. The molecule has 1 fully saturated rings. The molecule has 2 amide bonds. The van der Waals surface area contributed by atoms with E-state index in [4.69, 9.17) is 0 Å². The molecule has 0 aromatic carbocycles. The number of nitrogens with one attached hydrogen (secondary N) is 2. The number of carbonyl (C=O) groups is 2. The van der Waals surface area contributed by atoms with Crippen LogP contribution in [0.2, 0.25) is 0 Å². The Balaban J connectivity index is 2.38. The van der Waals surface area contributed by atoms with Crippen molar-refractivity contribution in [3.05, 3.63) is 0 Å². The van der Waals surface area contributed by atoms with E-state index in [0.717, 1.165) is 25.7 Å². The molecule has 0 bridgehead atoms. The summed E-state index contributed by atoms with van der Waals surface area (Å²) in [5.41, 5.74) is -0.147. The van der Waals surface area contributed by atoms with E-state index in [1.165, 1.54) is 6.92 Å². The minimum absolute atomic E-state index is 0.113. The van der Waals surface area contributed by atoms with Gasteiger partial charge in [-0.2, -0.15) is 0 Å². The predicted molar refractivity (Wildman–Crippen MR) is 64.3 cm³/mol. The maximum Gasteiger partial charge on any atom is 0.242 e. The summed E-state index contributed by atoms with van der Waals surface area (Å²) in [6.07, 6.45) is 4.13. The van der Waals surface area contributed by atoms with Gasteiger partial charge in [0.1, 0.15) is 6.04 Å². The molecule has 1 aliphatic carbocycles. The molecule has 1 aliphatic rings. The fraction of sp³-hybridized carbons (Fsp3) is 0.833. The SMILES string of the molecule is CC(=O)NC(C)C(=O)NCC1(CO)CCCC1. The monoisotopic (exact) mass is 242 g/mol. The lowest BCUT2D eigenvalue weighted by Gasteiger charge is -2.27. The van der Waals surface area contributed by atoms with Gasteiger partial charge in [-0.1, -0.05) is 12.8 Å². The highest BCUT2D eigenvalue weighted by Gasteiger charge is 2.33. The molecule has 1 saturated carbocycles. The first-order valence-electron chi connectivity index (χ1n) is 6.15. The first-order valence-corrected chi connectivity index (χ1v) is 6.15. The molecule has 0 heterocycles. The maximum atomic E-state index is 11.7. The van der Waals surface area contributed by atoms with Gasteiger partial charge in [-0.3, -0.25) is 9.59 Å². The highest BCUT2D eigenvalue weighted by Crippen LogP contribution is 2.36. The Morgan fingerprint density at radius 3 is 2.41 bits per heavy atom. The second-order valence-electron chi connectivity index (χ2n) is 5.01. The van der Waals surface area contributed by atoms with Gasteiger partial charge in [-0.25, -0.2) is 0 Å². The second-order valence-corrected chi connectivity index (χ2v) is 5.01. The highest BCUT2D eigenvalue weighted by molar-refractivity contribution is 5.86. The second kappa shape index (κ2) is 6.00. The van der Waals surface area contributed by atoms with Crippen molar-refractivity contribution >= 4 is 11.8 Å². The first-order chi connectivity index (χ1) is 7.99. The Morgan fingerprint density at radius 1 is 1.35 bits per heavy atom. The van der Waals surface area contributed by atoms with Crippen molar-refractivity contribution in [3.8, 4) is 0 Å². The van der Waals surface area contributed by atoms with Gasteiger partial charge in [0, 0.05) is 18.9 Å². The van der Waals surface area contributed by atoms with E-state index in [1.807, 2.05) is 0 Å². The zero-order chi connectivity index (χ0) is 12.9. The van der Waals surface area contributed by atoms with Crippen molar-refractivity contribution in [3.63, 3.8) is 0 Å². The van der Waals surface area contributed by atoms with Crippen molar-refractivity contribution in [2.45, 2.75) is 45.6 Å². The Morgan fingerprint density at radius 2 is 1.94 bits per heavy atom. The molecule has 5 heteroatoms. The number of amides is 2. The summed E-state index contributed by atoms with van der Waals surface area (Å²) in [7, 11) is 0. The fourth-order valence-corrected chi connectivity index (χ4v) is 2.31. The van der Waals surface area contributed by atoms with Crippen LogP contribution in [0.4, 0.5) is 0 Å². The van der Waals surface area contributed by atoms with E-state index in [1.54, 1.807) is 6.92 Å². The van der Waals surface area contributed by atoms with Gasteiger partial charge >= 0.3 is 0 Å². The van der Waals surface area contributed by atoms with Crippen LogP contribution < -0.4 is 10.6 Å². The predicted octanol–water partition coefficient (Wildman–Crippen LogP) is 0.180. The molecule has 17 heavy (non-hydrogen) atoms. The van der Waals surface area contributed by atoms with Crippen LogP contribution in [0.15, 0.2) is 0 Å². The average molecular weight is 242 g/mol. The normalized spacial score (nSPS) is 19.7. The minimum Gasteiger partial charge on any atom is -0.396 e. The van der Waals surface area contributed by atoms with E-state index >= 15 is 0 Å². The molecule has 0 radical (unpaired) electrons. The van der Waals surface area contributed by atoms with Crippen molar-refractivity contribution in [1.29, 1.82) is 0 Å². The average Bonchev–Trinajstić information content (AvgIpc) is 2.74. The summed E-state index contributed by atoms with van der Waals surface area (Å²) >= 11 is 0. The van der Waals surface area contributed by atoms with Crippen LogP contribution in [-0.4, -0.2) is 36.1 Å². The Hall–Kier alpha value is -1.10. The number of rotatable bonds is 5. The lowest BCUT2D eigenvalue weighted by atomic mass is 9.87. The molecular formula is C12H22N2O3. The van der Waals surface area contributed by atoms with E-state index in [0.29, 0.717) is 6.54 Å². The number of hydrogen-bond donors (Lipinski definition) is 3. The lowest BCUT2D eigenvalue weighted by molar-refractivity contribution is -0.128. The third kappa shape index (κ3) is 4.00. The zero-order valence-corrected chi connectivity index (χ0v) is 10.6. The topological polar surface area (TPSA) is 78.4 Å². The maximum absolute atomic E-state index is 11.7. The minimum atomic E-state index is -0.523. The summed E-state index contributed by atoms with van der Waals surface area (Å²) in [5, 5.41) is 14.7. The lowest BCUT2D eigenvalue weighted by Crippen LogP contribution is -2.47. The van der Waals surface area contributed by atoms with Crippen LogP contribution >= 0.6 is 0 Å². The van der Waals surface area contributed by atoms with E-state index in [2.05, 4.69) is 10.6 Å². The highest BCUT2D eigenvalue weighted by atomic mass is 16.3. The third-order valence-corrected chi connectivity index (χ3v) is 3.45. The van der Waals surface area contributed by atoms with E-state index in [-0.39, 0.29) is 23.8 Å². The molecule has 0 aromatic heterocycles. The molecule has 0 saturated heterocycles. The van der Waals surface area contributed by atoms with E-state index in [9.17, 15) is 14.7 Å². The van der Waals surface area contributed by atoms with Crippen LogP contribution in [-0.2, 0) is 9.59 Å². The van der Waals surface area contributed by atoms with Crippen molar-refractivity contribution < 1.29 is 14.7 Å². The van der Waals surface area contributed by atoms with Crippen LogP contribution in [0, 0.1) is 5.41 Å². The fourth-order valence-electron chi connectivity index (χ4n) is 2.31. The van der Waals surface area contributed by atoms with Crippen LogP contribution in [0.3, 0.4) is 0 Å². The Labute approximate surface area is 102 Å². The first kappa shape index (κ1) is 14.0. The summed E-state index contributed by atoms with van der Waals surface area (Å²) in [6.45, 7) is 3.64. The quantitative estimate of drug-likeness (QED) is 0.643. The Bertz CT molecular complexity index is 285. The molecule has 3 N–H and O–H groups in total. The van der Waals surface area contributed by atoms with Crippen LogP contribution in [0.5, 0.6) is 0 Å². The van der Waals surface area contributed by atoms with Gasteiger partial charge in [0.15, 0.2) is 0 Å². The molecule has 0 aliphatic heterocycles. The zero-order valence-electron chi connectivity index (χ0n) is 10.6. The number of aliphatic hydroxyl groups excluding tert-OH is 1. The third-order valence-electron chi connectivity index (χ3n) is 3.45. The molecule has 1 rings (SSSR count). The van der Waals surface area contributed by atoms with E-state index < -0.39 is 6.04 Å². The van der Waals surface area contributed by atoms with Gasteiger partial charge in [0.05, 0.1) is 6.61 Å². The molecule has 5 nitrogen and oxygen atoms in total. The molecule has 0 aromatic rings. The van der Waals surface area contributed by atoms with Gasteiger partial charge in [0.25, 0.3) is 0 Å². The van der Waals surface area contributed by atoms with Gasteiger partial charge < -0.3 is 15.7 Å². The van der Waals surface area contributed by atoms with Gasteiger partial charge in [0.2, 0.25) is 11.8 Å². The molecule has 1 unspecified atom stereocenters. The van der Waals surface area contributed by atoms with Crippen molar-refractivity contribution in [2.75, 3.05) is 13.2 Å². The number of aliphatic hydroxyl groups is 1. The Kier molecular flexibility index (Phi) is 4.93.